The van der Waals surface area contributed by atoms with Crippen LogP contribution < -0.4 is 4.74 Å². The zero-order valence-corrected chi connectivity index (χ0v) is 10.2. The van der Waals surface area contributed by atoms with Crippen LogP contribution >= 0.6 is 11.6 Å². The molecular weight excluding hydrogens is 244 g/mol. The Morgan fingerprint density at radius 3 is 2.88 bits per heavy atom. The molecule has 2 heterocycles. The second-order valence-electron chi connectivity index (χ2n) is 3.48. The maximum atomic E-state index is 11.2. The van der Waals surface area contributed by atoms with E-state index in [4.69, 9.17) is 21.4 Å². The van der Waals surface area contributed by atoms with Gasteiger partial charge >= 0.3 is 5.97 Å². The fraction of sp³-hybridized carbons (Fsp3) is 0.273. The number of fused-ring (bicyclic) bond motifs is 1. The Morgan fingerprint density at radius 2 is 2.35 bits per heavy atom. The van der Waals surface area contributed by atoms with Crippen LogP contribution in [0.5, 0.6) is 5.75 Å². The lowest BCUT2D eigenvalue weighted by Gasteiger charge is -2.04. The Labute approximate surface area is 103 Å². The summed E-state index contributed by atoms with van der Waals surface area (Å²) in [6, 6.07) is 1.62. The largest absolute Gasteiger partial charge is 0.495 e. The highest BCUT2D eigenvalue weighted by molar-refractivity contribution is 6.32. The van der Waals surface area contributed by atoms with Crippen molar-refractivity contribution in [1.82, 2.24) is 9.38 Å². The van der Waals surface area contributed by atoms with Gasteiger partial charge in [0.2, 0.25) is 0 Å². The van der Waals surface area contributed by atoms with Crippen molar-refractivity contribution in [2.24, 2.45) is 0 Å². The summed E-state index contributed by atoms with van der Waals surface area (Å²) in [6.45, 7) is 1.85. The Morgan fingerprint density at radius 1 is 1.65 bits per heavy atom. The molecule has 0 saturated heterocycles. The monoisotopic (exact) mass is 254 g/mol. The first-order valence-electron chi connectivity index (χ1n) is 5.06. The van der Waals surface area contributed by atoms with Gasteiger partial charge in [-0.15, -0.1) is 0 Å². The molecule has 0 saturated carbocycles. The van der Waals surface area contributed by atoms with Gasteiger partial charge in [-0.05, 0) is 6.42 Å². The van der Waals surface area contributed by atoms with Gasteiger partial charge in [-0.3, -0.25) is 4.40 Å². The Bertz CT molecular complexity index is 592. The molecule has 90 valence electrons. The summed E-state index contributed by atoms with van der Waals surface area (Å²) >= 11 is 5.97. The van der Waals surface area contributed by atoms with E-state index in [-0.39, 0.29) is 5.69 Å². The van der Waals surface area contributed by atoms with Crippen molar-refractivity contribution in [3.8, 4) is 5.75 Å². The van der Waals surface area contributed by atoms with Crippen LogP contribution in [0.1, 0.15) is 23.1 Å². The molecule has 0 bridgehead atoms. The first kappa shape index (κ1) is 11.7. The molecule has 2 aromatic heterocycles. The molecule has 1 N–H and O–H groups in total. The lowest BCUT2D eigenvalue weighted by atomic mass is 10.2. The topological polar surface area (TPSA) is 63.8 Å². The zero-order valence-electron chi connectivity index (χ0n) is 9.40. The van der Waals surface area contributed by atoms with Gasteiger partial charge < -0.3 is 9.84 Å². The number of aryl methyl sites for hydroxylation is 1. The van der Waals surface area contributed by atoms with Crippen LogP contribution in [0.4, 0.5) is 0 Å². The number of ether oxygens (including phenoxy) is 1. The van der Waals surface area contributed by atoms with Crippen molar-refractivity contribution >= 4 is 23.2 Å². The summed E-state index contributed by atoms with van der Waals surface area (Å²) in [6.07, 6.45) is 2.05. The standard InChI is InChI=1S/C11H11ClN2O3/c1-3-7-10(11(15)16)14-5-6(12)8(17-2)4-9(14)13-7/h4-5H,3H2,1-2H3,(H,15,16). The molecule has 2 aromatic rings. The summed E-state index contributed by atoms with van der Waals surface area (Å²) in [7, 11) is 1.50. The number of aromatic carboxylic acids is 1. The van der Waals surface area contributed by atoms with E-state index in [9.17, 15) is 4.79 Å². The van der Waals surface area contributed by atoms with Crippen molar-refractivity contribution in [3.05, 3.63) is 28.7 Å². The highest BCUT2D eigenvalue weighted by atomic mass is 35.5. The Balaban J connectivity index is 2.79. The molecule has 6 heteroatoms. The predicted octanol–water partition coefficient (Wildman–Crippen LogP) is 2.26. The molecule has 5 nitrogen and oxygen atoms in total. The van der Waals surface area contributed by atoms with Crippen molar-refractivity contribution in [2.45, 2.75) is 13.3 Å². The minimum absolute atomic E-state index is 0.145. The van der Waals surface area contributed by atoms with Crippen molar-refractivity contribution in [2.75, 3.05) is 7.11 Å². The minimum atomic E-state index is -1.02. The van der Waals surface area contributed by atoms with E-state index in [2.05, 4.69) is 4.98 Å². The van der Waals surface area contributed by atoms with Crippen LogP contribution in [0, 0.1) is 0 Å². The van der Waals surface area contributed by atoms with E-state index in [1.165, 1.54) is 17.7 Å². The summed E-state index contributed by atoms with van der Waals surface area (Å²) in [5.41, 5.74) is 1.19. The van der Waals surface area contributed by atoms with E-state index in [0.717, 1.165) is 0 Å². The SMILES string of the molecule is CCc1nc2cc(OC)c(Cl)cn2c1C(=O)O. The van der Waals surface area contributed by atoms with E-state index >= 15 is 0 Å². The third-order valence-electron chi connectivity index (χ3n) is 2.51. The number of hydrogen-bond donors (Lipinski definition) is 1. The second kappa shape index (κ2) is 4.25. The van der Waals surface area contributed by atoms with Crippen molar-refractivity contribution in [3.63, 3.8) is 0 Å². The van der Waals surface area contributed by atoms with E-state index < -0.39 is 5.97 Å². The van der Waals surface area contributed by atoms with Gasteiger partial charge in [0.05, 0.1) is 17.8 Å². The first-order chi connectivity index (χ1) is 8.08. The number of halogens is 1. The van der Waals surface area contributed by atoms with E-state index in [0.29, 0.717) is 28.5 Å². The second-order valence-corrected chi connectivity index (χ2v) is 3.89. The lowest BCUT2D eigenvalue weighted by molar-refractivity contribution is 0.0688. The van der Waals surface area contributed by atoms with Crippen LogP contribution in [0.3, 0.4) is 0 Å². The van der Waals surface area contributed by atoms with Gasteiger partial charge in [-0.1, -0.05) is 18.5 Å². The van der Waals surface area contributed by atoms with Gasteiger partial charge in [0, 0.05) is 12.3 Å². The highest BCUT2D eigenvalue weighted by Gasteiger charge is 2.18. The van der Waals surface area contributed by atoms with Crippen LogP contribution in [0.15, 0.2) is 12.3 Å². The number of carbonyl (C=O) groups is 1. The third kappa shape index (κ3) is 1.82. The van der Waals surface area contributed by atoms with Gasteiger partial charge in [0.15, 0.2) is 5.69 Å². The zero-order chi connectivity index (χ0) is 12.6. The molecular formula is C11H11ClN2O3. The molecule has 0 aliphatic heterocycles. The maximum Gasteiger partial charge on any atom is 0.354 e. The molecule has 0 atom stereocenters. The molecule has 0 fully saturated rings. The molecule has 0 aliphatic rings. The fourth-order valence-electron chi connectivity index (χ4n) is 1.72. The minimum Gasteiger partial charge on any atom is -0.495 e. The normalized spacial score (nSPS) is 10.8. The summed E-state index contributed by atoms with van der Waals surface area (Å²) in [5, 5.41) is 9.52. The Hall–Kier alpha value is -1.75. The number of rotatable bonds is 3. The van der Waals surface area contributed by atoms with Gasteiger partial charge in [-0.25, -0.2) is 9.78 Å². The number of carboxylic acids is 1. The van der Waals surface area contributed by atoms with Gasteiger partial charge in [0.25, 0.3) is 0 Å². The average molecular weight is 255 g/mol. The fourth-order valence-corrected chi connectivity index (χ4v) is 1.95. The molecule has 0 radical (unpaired) electrons. The summed E-state index contributed by atoms with van der Waals surface area (Å²) < 4.78 is 6.53. The molecule has 0 spiro atoms. The average Bonchev–Trinajstić information content (AvgIpc) is 2.65. The molecule has 2 rings (SSSR count). The number of carboxylic acid groups (broad SMARTS) is 1. The maximum absolute atomic E-state index is 11.2. The first-order valence-corrected chi connectivity index (χ1v) is 5.44. The van der Waals surface area contributed by atoms with E-state index in [1.54, 1.807) is 6.07 Å². The number of methoxy groups -OCH3 is 1. The van der Waals surface area contributed by atoms with Crippen LogP contribution in [-0.4, -0.2) is 27.6 Å². The summed E-state index contributed by atoms with van der Waals surface area (Å²) in [5.74, 6) is -0.542. The third-order valence-corrected chi connectivity index (χ3v) is 2.79. The van der Waals surface area contributed by atoms with Gasteiger partial charge in [-0.2, -0.15) is 0 Å². The van der Waals surface area contributed by atoms with Gasteiger partial charge in [0.1, 0.15) is 11.4 Å². The molecule has 17 heavy (non-hydrogen) atoms. The number of hydrogen-bond acceptors (Lipinski definition) is 3. The van der Waals surface area contributed by atoms with Crippen LogP contribution in [-0.2, 0) is 6.42 Å². The van der Waals surface area contributed by atoms with Crippen molar-refractivity contribution < 1.29 is 14.6 Å². The number of aromatic nitrogens is 2. The Kier molecular flexibility index (Phi) is 2.93. The molecule has 0 amide bonds. The quantitative estimate of drug-likeness (QED) is 0.913. The molecule has 0 aliphatic carbocycles. The number of nitrogens with zero attached hydrogens (tertiary/aromatic N) is 2. The molecule has 0 unspecified atom stereocenters. The van der Waals surface area contributed by atoms with Crippen LogP contribution in [0.25, 0.3) is 5.65 Å². The lowest BCUT2D eigenvalue weighted by Crippen LogP contribution is -2.05. The number of imidazole rings is 1. The predicted molar refractivity (Wildman–Crippen MR) is 63.1 cm³/mol. The van der Waals surface area contributed by atoms with E-state index in [1.807, 2.05) is 6.92 Å². The number of pyridine rings is 1. The smallest absolute Gasteiger partial charge is 0.354 e. The van der Waals surface area contributed by atoms with Crippen LogP contribution in [0.2, 0.25) is 5.02 Å². The van der Waals surface area contributed by atoms with Crippen molar-refractivity contribution in [1.29, 1.82) is 0 Å². The molecule has 0 aromatic carbocycles. The summed E-state index contributed by atoms with van der Waals surface area (Å²) in [4.78, 5) is 15.4. The highest BCUT2D eigenvalue weighted by Crippen LogP contribution is 2.27.